The van der Waals surface area contributed by atoms with Crippen LogP contribution in [0.3, 0.4) is 0 Å². The first kappa shape index (κ1) is 17.0. The van der Waals surface area contributed by atoms with E-state index in [1.54, 1.807) is 19.9 Å². The molecule has 3 nitrogen and oxygen atoms in total. The average Bonchev–Trinajstić information content (AvgIpc) is 2.17. The molecule has 92 valence electrons. The van der Waals surface area contributed by atoms with E-state index in [0.29, 0.717) is 5.71 Å². The molecule has 0 rings (SSSR count). The molecule has 0 aromatic carbocycles. The van der Waals surface area contributed by atoms with Gasteiger partial charge in [0, 0.05) is 0 Å². The Bertz CT molecular complexity index is 295. The zero-order valence-corrected chi connectivity index (χ0v) is 11.1. The lowest BCUT2D eigenvalue weighted by molar-refractivity contribution is -0.144. The molecule has 0 saturated carbocycles. The number of carboxylic acid groups (broad SMARTS) is 1. The maximum atomic E-state index is 10.7. The van der Waals surface area contributed by atoms with Crippen molar-refractivity contribution in [2.24, 2.45) is 5.41 Å². The molecular weight excluding hydrogens is 202 g/mol. The first-order chi connectivity index (χ1) is 7.25. The molecule has 0 fully saturated rings. The van der Waals surface area contributed by atoms with E-state index in [2.05, 4.69) is 0 Å². The zero-order chi connectivity index (χ0) is 13.4. The summed E-state index contributed by atoms with van der Waals surface area (Å²) in [7, 11) is 0. The molecule has 16 heavy (non-hydrogen) atoms. The van der Waals surface area contributed by atoms with E-state index in [-0.39, 0.29) is 0 Å². The van der Waals surface area contributed by atoms with Crippen molar-refractivity contribution in [1.82, 2.24) is 0 Å². The van der Waals surface area contributed by atoms with Crippen LogP contribution >= 0.6 is 0 Å². The molecule has 0 bridgehead atoms. The van der Waals surface area contributed by atoms with Crippen molar-refractivity contribution in [1.29, 1.82) is 5.41 Å². The molecule has 2 N–H and O–H groups in total. The van der Waals surface area contributed by atoms with Crippen molar-refractivity contribution in [2.45, 2.75) is 41.5 Å². The van der Waals surface area contributed by atoms with E-state index in [1.165, 1.54) is 12.2 Å². The summed E-state index contributed by atoms with van der Waals surface area (Å²) in [6.07, 6.45) is 4.73. The number of hydrogen-bond donors (Lipinski definition) is 2. The number of carbonyl (C=O) groups is 1. The number of hydrogen-bond acceptors (Lipinski definition) is 2. The minimum absolute atomic E-state index is 0.319. The predicted molar refractivity (Wildman–Crippen MR) is 69.1 cm³/mol. The van der Waals surface area contributed by atoms with Crippen LogP contribution in [-0.4, -0.2) is 16.8 Å². The standard InChI is InChI=1S/C11H17NO2.C2H6/c1-8(2)7-9(12)5-6-11(3,4)10(13)14;1-2/h5-7,12H,1-4H3,(H,13,14);1-2H3/b6-5+,12-9?;. The van der Waals surface area contributed by atoms with Gasteiger partial charge in [-0.1, -0.05) is 25.5 Å². The molecule has 0 spiro atoms. The maximum Gasteiger partial charge on any atom is 0.312 e. The molecule has 0 aliphatic carbocycles. The number of nitrogens with one attached hydrogen (secondary N) is 1. The van der Waals surface area contributed by atoms with E-state index < -0.39 is 11.4 Å². The van der Waals surface area contributed by atoms with Crippen LogP contribution in [0.15, 0.2) is 23.8 Å². The van der Waals surface area contributed by atoms with Crippen LogP contribution in [0.25, 0.3) is 0 Å². The summed E-state index contributed by atoms with van der Waals surface area (Å²) in [5.41, 5.74) is 0.425. The lowest BCUT2D eigenvalue weighted by atomic mass is 9.93. The first-order valence-electron chi connectivity index (χ1n) is 5.42. The summed E-state index contributed by atoms with van der Waals surface area (Å²) in [5.74, 6) is -0.890. The van der Waals surface area contributed by atoms with Gasteiger partial charge in [0.25, 0.3) is 0 Å². The largest absolute Gasteiger partial charge is 0.481 e. The lowest BCUT2D eigenvalue weighted by Gasteiger charge is -2.12. The van der Waals surface area contributed by atoms with Gasteiger partial charge in [-0.05, 0) is 39.8 Å². The first-order valence-corrected chi connectivity index (χ1v) is 5.42. The minimum atomic E-state index is -0.915. The van der Waals surface area contributed by atoms with Gasteiger partial charge < -0.3 is 10.5 Å². The van der Waals surface area contributed by atoms with Crippen molar-refractivity contribution in [3.63, 3.8) is 0 Å². The summed E-state index contributed by atoms with van der Waals surface area (Å²) in [6, 6.07) is 0. The number of rotatable bonds is 4. The van der Waals surface area contributed by atoms with Crippen LogP contribution in [-0.2, 0) is 4.79 Å². The smallest absolute Gasteiger partial charge is 0.312 e. The zero-order valence-electron chi connectivity index (χ0n) is 11.1. The minimum Gasteiger partial charge on any atom is -0.481 e. The number of carboxylic acids is 1. The Labute approximate surface area is 98.4 Å². The molecule has 3 heteroatoms. The Hall–Kier alpha value is -1.38. The average molecular weight is 225 g/mol. The highest BCUT2D eigenvalue weighted by atomic mass is 16.4. The summed E-state index contributed by atoms with van der Waals surface area (Å²) < 4.78 is 0. The van der Waals surface area contributed by atoms with E-state index in [0.717, 1.165) is 5.57 Å². The number of allylic oxidation sites excluding steroid dienone is 3. The van der Waals surface area contributed by atoms with Crippen LogP contribution < -0.4 is 0 Å². The van der Waals surface area contributed by atoms with Gasteiger partial charge in [0.2, 0.25) is 0 Å². The van der Waals surface area contributed by atoms with Gasteiger partial charge in [-0.25, -0.2) is 0 Å². The van der Waals surface area contributed by atoms with E-state index in [1.807, 2.05) is 27.7 Å². The van der Waals surface area contributed by atoms with Crippen molar-refractivity contribution in [2.75, 3.05) is 0 Å². The van der Waals surface area contributed by atoms with Gasteiger partial charge in [-0.15, -0.1) is 0 Å². The fourth-order valence-corrected chi connectivity index (χ4v) is 0.729. The number of aliphatic carboxylic acids is 1. The Morgan fingerprint density at radius 2 is 1.69 bits per heavy atom. The van der Waals surface area contributed by atoms with Crippen LogP contribution in [0.4, 0.5) is 0 Å². The highest BCUT2D eigenvalue weighted by Gasteiger charge is 2.22. The monoisotopic (exact) mass is 225 g/mol. The molecule has 0 radical (unpaired) electrons. The highest BCUT2D eigenvalue weighted by Crippen LogP contribution is 2.16. The second-order valence-corrected chi connectivity index (χ2v) is 4.04. The summed E-state index contributed by atoms with van der Waals surface area (Å²) in [5, 5.41) is 16.3. The molecule has 0 aromatic rings. The van der Waals surface area contributed by atoms with E-state index in [4.69, 9.17) is 10.5 Å². The second kappa shape index (κ2) is 7.85. The van der Waals surface area contributed by atoms with Crippen molar-refractivity contribution < 1.29 is 9.90 Å². The molecular formula is C13H23NO2. The Morgan fingerprint density at radius 3 is 2.00 bits per heavy atom. The predicted octanol–water partition coefficient (Wildman–Crippen LogP) is 3.67. The molecule has 0 aliphatic heterocycles. The van der Waals surface area contributed by atoms with Crippen molar-refractivity contribution >= 4 is 11.7 Å². The molecule has 0 amide bonds. The maximum absolute atomic E-state index is 10.7. The Kier molecular flexibility index (Phi) is 8.36. The molecule has 0 saturated heterocycles. The van der Waals surface area contributed by atoms with Gasteiger partial charge in [-0.2, -0.15) is 0 Å². The lowest BCUT2D eigenvalue weighted by Crippen LogP contribution is -2.20. The Morgan fingerprint density at radius 1 is 1.25 bits per heavy atom. The van der Waals surface area contributed by atoms with Crippen molar-refractivity contribution in [3.05, 3.63) is 23.8 Å². The third-order valence-electron chi connectivity index (χ3n) is 1.67. The van der Waals surface area contributed by atoms with Crippen LogP contribution in [0, 0.1) is 10.8 Å². The fourth-order valence-electron chi connectivity index (χ4n) is 0.729. The quantitative estimate of drug-likeness (QED) is 0.717. The topological polar surface area (TPSA) is 61.2 Å². The molecule has 0 aromatic heterocycles. The second-order valence-electron chi connectivity index (χ2n) is 4.04. The third kappa shape index (κ3) is 7.97. The SMILES string of the molecule is CC.CC(C)=CC(=N)/C=C/C(C)(C)C(=O)O. The third-order valence-corrected chi connectivity index (χ3v) is 1.67. The van der Waals surface area contributed by atoms with Crippen LogP contribution in [0.2, 0.25) is 0 Å². The van der Waals surface area contributed by atoms with Gasteiger partial charge >= 0.3 is 5.97 Å². The molecule has 0 atom stereocenters. The highest BCUT2D eigenvalue weighted by molar-refractivity contribution is 6.02. The van der Waals surface area contributed by atoms with E-state index >= 15 is 0 Å². The van der Waals surface area contributed by atoms with Gasteiger partial charge in [0.05, 0.1) is 11.1 Å². The molecule has 0 heterocycles. The summed E-state index contributed by atoms with van der Waals surface area (Å²) in [6.45, 7) is 11.0. The van der Waals surface area contributed by atoms with Gasteiger partial charge in [0.1, 0.15) is 0 Å². The fraction of sp³-hybridized carbons (Fsp3) is 0.538. The van der Waals surface area contributed by atoms with Crippen molar-refractivity contribution in [3.8, 4) is 0 Å². The van der Waals surface area contributed by atoms with Crippen LogP contribution in [0.5, 0.6) is 0 Å². The Balaban J connectivity index is 0. The van der Waals surface area contributed by atoms with E-state index in [9.17, 15) is 4.79 Å². The molecule has 0 unspecified atom stereocenters. The summed E-state index contributed by atoms with van der Waals surface area (Å²) in [4.78, 5) is 10.7. The summed E-state index contributed by atoms with van der Waals surface area (Å²) >= 11 is 0. The molecule has 0 aliphatic rings. The van der Waals surface area contributed by atoms with Gasteiger partial charge in [0.15, 0.2) is 0 Å². The van der Waals surface area contributed by atoms with Gasteiger partial charge in [-0.3, -0.25) is 4.79 Å². The normalized spacial score (nSPS) is 10.4. The van der Waals surface area contributed by atoms with Crippen LogP contribution in [0.1, 0.15) is 41.5 Å².